The molecule has 1 rings (SSSR count). The number of carboxylic acids is 1. The first-order chi connectivity index (χ1) is 7.18. The summed E-state index contributed by atoms with van der Waals surface area (Å²) < 4.78 is 0. The van der Waals surface area contributed by atoms with Gasteiger partial charge >= 0.3 is 12.0 Å². The van der Waals surface area contributed by atoms with E-state index in [1.165, 1.54) is 0 Å². The van der Waals surface area contributed by atoms with E-state index >= 15 is 0 Å². The van der Waals surface area contributed by atoms with Crippen LogP contribution in [0.4, 0.5) is 10.5 Å². The summed E-state index contributed by atoms with van der Waals surface area (Å²) >= 11 is 0. The fraction of sp³-hybridized carbons (Fsp3) is 0.222. The van der Waals surface area contributed by atoms with Gasteiger partial charge in [-0.15, -0.1) is 0 Å². The summed E-state index contributed by atoms with van der Waals surface area (Å²) in [5, 5.41) is 13.3. The molecule has 0 atom stereocenters. The first-order valence-electron chi connectivity index (χ1n) is 4.35. The molecule has 0 saturated heterocycles. The van der Waals surface area contributed by atoms with Gasteiger partial charge in [-0.05, 0) is 12.1 Å². The number of carboxylic acid groups (broad SMARTS) is 1. The van der Waals surface area contributed by atoms with Crippen LogP contribution in [0.1, 0.15) is 6.42 Å². The van der Waals surface area contributed by atoms with Gasteiger partial charge in [0.1, 0.15) is 0 Å². The fourth-order valence-corrected chi connectivity index (χ4v) is 0.893. The molecule has 0 spiro atoms. The topological polar surface area (TPSA) is 91.3 Å². The molecule has 0 radical (unpaired) electrons. The van der Waals surface area contributed by atoms with Gasteiger partial charge in [0.25, 0.3) is 0 Å². The minimum Gasteiger partial charge on any atom is -0.481 e. The molecular formula is C9H11N3O3. The number of carbonyl (C=O) groups excluding carboxylic acids is 1. The molecule has 1 aromatic rings. The summed E-state index contributed by atoms with van der Waals surface area (Å²) in [6, 6.07) is 2.84. The van der Waals surface area contributed by atoms with Crippen LogP contribution in [0.3, 0.4) is 0 Å². The summed E-state index contributed by atoms with van der Waals surface area (Å²) in [7, 11) is 0. The third-order valence-electron chi connectivity index (χ3n) is 1.56. The van der Waals surface area contributed by atoms with Crippen molar-refractivity contribution in [2.75, 3.05) is 11.9 Å². The third-order valence-corrected chi connectivity index (χ3v) is 1.56. The second-order valence-corrected chi connectivity index (χ2v) is 2.76. The van der Waals surface area contributed by atoms with Crippen molar-refractivity contribution in [2.24, 2.45) is 0 Å². The van der Waals surface area contributed by atoms with Crippen molar-refractivity contribution in [3.05, 3.63) is 24.5 Å². The number of carbonyl (C=O) groups is 2. The molecule has 0 aromatic carbocycles. The van der Waals surface area contributed by atoms with E-state index in [1.54, 1.807) is 24.5 Å². The Labute approximate surface area is 86.3 Å². The zero-order valence-electron chi connectivity index (χ0n) is 7.93. The van der Waals surface area contributed by atoms with Gasteiger partial charge in [-0.2, -0.15) is 0 Å². The number of hydrogen-bond acceptors (Lipinski definition) is 3. The van der Waals surface area contributed by atoms with Crippen molar-refractivity contribution in [3.8, 4) is 0 Å². The van der Waals surface area contributed by atoms with Gasteiger partial charge in [0.05, 0.1) is 6.42 Å². The van der Waals surface area contributed by atoms with Crippen LogP contribution in [0, 0.1) is 0 Å². The van der Waals surface area contributed by atoms with Crippen molar-refractivity contribution >= 4 is 17.7 Å². The Hall–Kier alpha value is -2.11. The van der Waals surface area contributed by atoms with Crippen molar-refractivity contribution in [3.63, 3.8) is 0 Å². The van der Waals surface area contributed by atoms with Crippen LogP contribution in [0.5, 0.6) is 0 Å². The molecule has 6 heteroatoms. The molecule has 0 unspecified atom stereocenters. The molecular weight excluding hydrogens is 198 g/mol. The molecule has 0 bridgehead atoms. The Morgan fingerprint density at radius 3 is 2.60 bits per heavy atom. The first kappa shape index (κ1) is 11.0. The Kier molecular flexibility index (Phi) is 4.08. The van der Waals surface area contributed by atoms with Crippen LogP contribution in [-0.2, 0) is 4.79 Å². The third kappa shape index (κ3) is 4.61. The maximum absolute atomic E-state index is 11.2. The zero-order chi connectivity index (χ0) is 11.1. The monoisotopic (exact) mass is 209 g/mol. The number of rotatable bonds is 4. The van der Waals surface area contributed by atoms with E-state index in [0.717, 1.165) is 0 Å². The maximum Gasteiger partial charge on any atom is 0.319 e. The van der Waals surface area contributed by atoms with Crippen LogP contribution < -0.4 is 10.6 Å². The molecule has 1 aromatic heterocycles. The summed E-state index contributed by atoms with van der Waals surface area (Å²) in [4.78, 5) is 25.1. The van der Waals surface area contributed by atoms with Crippen LogP contribution in [-0.4, -0.2) is 28.6 Å². The van der Waals surface area contributed by atoms with Crippen LogP contribution >= 0.6 is 0 Å². The van der Waals surface area contributed by atoms with Crippen LogP contribution in [0.15, 0.2) is 24.5 Å². The van der Waals surface area contributed by atoms with E-state index < -0.39 is 12.0 Å². The van der Waals surface area contributed by atoms with E-state index in [1.807, 2.05) is 0 Å². The van der Waals surface area contributed by atoms with E-state index in [4.69, 9.17) is 5.11 Å². The van der Waals surface area contributed by atoms with E-state index in [2.05, 4.69) is 15.6 Å². The second kappa shape index (κ2) is 5.58. The minimum absolute atomic E-state index is 0.0935. The number of pyridine rings is 1. The zero-order valence-corrected chi connectivity index (χ0v) is 7.93. The number of amides is 2. The van der Waals surface area contributed by atoms with Crippen LogP contribution in [0.2, 0.25) is 0 Å². The highest BCUT2D eigenvalue weighted by Gasteiger charge is 2.01. The van der Waals surface area contributed by atoms with Crippen LogP contribution in [0.25, 0.3) is 0 Å². The fourth-order valence-electron chi connectivity index (χ4n) is 0.893. The molecule has 0 aliphatic heterocycles. The molecule has 15 heavy (non-hydrogen) atoms. The molecule has 0 aliphatic carbocycles. The highest BCUT2D eigenvalue weighted by molar-refractivity contribution is 5.89. The lowest BCUT2D eigenvalue weighted by Gasteiger charge is -2.05. The second-order valence-electron chi connectivity index (χ2n) is 2.76. The Morgan fingerprint density at radius 2 is 2.00 bits per heavy atom. The summed E-state index contributed by atoms with van der Waals surface area (Å²) in [6.45, 7) is 0.103. The molecule has 2 amide bonds. The molecule has 1 heterocycles. The molecule has 6 nitrogen and oxygen atoms in total. The van der Waals surface area contributed by atoms with Crippen molar-refractivity contribution in [1.82, 2.24) is 10.3 Å². The molecule has 0 fully saturated rings. The summed E-state index contributed by atoms with van der Waals surface area (Å²) in [5.74, 6) is -0.945. The minimum atomic E-state index is -0.945. The quantitative estimate of drug-likeness (QED) is 0.679. The van der Waals surface area contributed by atoms with Crippen molar-refractivity contribution < 1.29 is 14.7 Å². The molecule has 0 saturated carbocycles. The predicted molar refractivity (Wildman–Crippen MR) is 53.5 cm³/mol. The smallest absolute Gasteiger partial charge is 0.319 e. The number of anilines is 1. The van der Waals surface area contributed by atoms with E-state index in [-0.39, 0.29) is 13.0 Å². The number of urea groups is 1. The number of aromatic nitrogens is 1. The molecule has 0 aliphatic rings. The normalized spacial score (nSPS) is 9.33. The summed E-state index contributed by atoms with van der Waals surface area (Å²) in [6.07, 6.45) is 3.00. The molecule has 3 N–H and O–H groups in total. The highest BCUT2D eigenvalue weighted by atomic mass is 16.4. The van der Waals surface area contributed by atoms with Crippen molar-refractivity contribution in [2.45, 2.75) is 6.42 Å². The first-order valence-corrected chi connectivity index (χ1v) is 4.35. The number of nitrogens with one attached hydrogen (secondary N) is 2. The lowest BCUT2D eigenvalue weighted by Crippen LogP contribution is -2.30. The Bertz CT molecular complexity index is 340. The lowest BCUT2D eigenvalue weighted by molar-refractivity contribution is -0.136. The van der Waals surface area contributed by atoms with Gasteiger partial charge in [-0.25, -0.2) is 4.79 Å². The van der Waals surface area contributed by atoms with E-state index in [9.17, 15) is 9.59 Å². The summed E-state index contributed by atoms with van der Waals surface area (Å²) in [5.41, 5.74) is 0.609. The average molecular weight is 209 g/mol. The average Bonchev–Trinajstić information content (AvgIpc) is 2.18. The standard InChI is InChI=1S/C9H11N3O3/c13-8(14)3-6-11-9(15)12-7-1-4-10-5-2-7/h1-2,4-5H,3,6H2,(H,13,14)(H2,10,11,12,15). The predicted octanol–water partition coefficient (Wildman–Crippen LogP) is 0.678. The van der Waals surface area contributed by atoms with Crippen molar-refractivity contribution in [1.29, 1.82) is 0 Å². The number of hydrogen-bond donors (Lipinski definition) is 3. The Balaban J connectivity index is 2.28. The van der Waals surface area contributed by atoms with Gasteiger partial charge in [0.15, 0.2) is 0 Å². The van der Waals surface area contributed by atoms with Gasteiger partial charge in [0.2, 0.25) is 0 Å². The number of aliphatic carboxylic acids is 1. The SMILES string of the molecule is O=C(O)CCNC(=O)Nc1ccncc1. The van der Waals surface area contributed by atoms with Gasteiger partial charge < -0.3 is 15.7 Å². The van der Waals surface area contributed by atoms with E-state index in [0.29, 0.717) is 5.69 Å². The highest BCUT2D eigenvalue weighted by Crippen LogP contribution is 2.01. The van der Waals surface area contributed by atoms with Gasteiger partial charge in [-0.3, -0.25) is 9.78 Å². The lowest BCUT2D eigenvalue weighted by atomic mass is 10.4. The van der Waals surface area contributed by atoms with Gasteiger partial charge in [-0.1, -0.05) is 0 Å². The maximum atomic E-state index is 11.2. The molecule has 80 valence electrons. The Morgan fingerprint density at radius 1 is 1.33 bits per heavy atom. The largest absolute Gasteiger partial charge is 0.481 e. The van der Waals surface area contributed by atoms with Gasteiger partial charge in [0, 0.05) is 24.6 Å². The number of nitrogens with zero attached hydrogens (tertiary/aromatic N) is 1.